The molecule has 1 saturated carbocycles. The molecule has 1 aromatic carbocycles. The smallest absolute Gasteiger partial charge is 0.164 e. The van der Waals surface area contributed by atoms with Gasteiger partial charge >= 0.3 is 0 Å². The number of nitrogens with zero attached hydrogens (tertiary/aromatic N) is 1. The molecule has 0 aliphatic heterocycles. The van der Waals surface area contributed by atoms with Crippen molar-refractivity contribution in [2.24, 2.45) is 5.92 Å². The summed E-state index contributed by atoms with van der Waals surface area (Å²) in [7, 11) is 1.69. The number of ketones is 1. The fourth-order valence-electron chi connectivity index (χ4n) is 2.66. The van der Waals surface area contributed by atoms with E-state index in [1.165, 1.54) is 25.0 Å². The Morgan fingerprint density at radius 3 is 2.81 bits per heavy atom. The first-order valence-corrected chi connectivity index (χ1v) is 7.63. The van der Waals surface area contributed by atoms with E-state index >= 15 is 0 Å². The number of hydrogen-bond acceptors (Lipinski definition) is 3. The van der Waals surface area contributed by atoms with Gasteiger partial charge in [0.15, 0.2) is 5.78 Å². The van der Waals surface area contributed by atoms with Crippen LogP contribution >= 0.6 is 0 Å². The summed E-state index contributed by atoms with van der Waals surface area (Å²) in [5.74, 6) is 0.398. The second kappa shape index (κ2) is 7.66. The first kappa shape index (κ1) is 16.1. The van der Waals surface area contributed by atoms with Crippen molar-refractivity contribution in [1.29, 1.82) is 0 Å². The van der Waals surface area contributed by atoms with Crippen molar-refractivity contribution in [2.75, 3.05) is 26.8 Å². The fraction of sp³-hybridized carbons (Fsp3) is 0.588. The third-order valence-electron chi connectivity index (χ3n) is 4.24. The Bertz CT molecular complexity index is 474. The number of Topliss-reactive ketones (excluding diaryl/α,β-unsaturated/α-hetero) is 1. The van der Waals surface area contributed by atoms with Gasteiger partial charge < -0.3 is 4.74 Å². The third-order valence-corrected chi connectivity index (χ3v) is 4.24. The molecule has 2 rings (SSSR count). The van der Waals surface area contributed by atoms with E-state index in [0.717, 1.165) is 12.5 Å². The third kappa shape index (κ3) is 4.90. The van der Waals surface area contributed by atoms with Crippen molar-refractivity contribution in [3.63, 3.8) is 0 Å². The van der Waals surface area contributed by atoms with Crippen LogP contribution in [0.3, 0.4) is 0 Å². The molecule has 0 saturated heterocycles. The zero-order chi connectivity index (χ0) is 15.2. The van der Waals surface area contributed by atoms with Crippen molar-refractivity contribution in [2.45, 2.75) is 32.2 Å². The SMILES string of the molecule is COCCN(CCC(=O)c1cccc(F)c1)C(C)C1CC1. The summed E-state index contributed by atoms with van der Waals surface area (Å²) in [4.78, 5) is 14.5. The van der Waals surface area contributed by atoms with E-state index in [4.69, 9.17) is 4.74 Å². The molecule has 3 nitrogen and oxygen atoms in total. The van der Waals surface area contributed by atoms with Gasteiger partial charge in [-0.25, -0.2) is 4.39 Å². The van der Waals surface area contributed by atoms with Crippen molar-refractivity contribution < 1.29 is 13.9 Å². The molecule has 1 aliphatic carbocycles. The molecule has 1 atom stereocenters. The summed E-state index contributed by atoms with van der Waals surface area (Å²) < 4.78 is 18.3. The number of benzene rings is 1. The largest absolute Gasteiger partial charge is 0.383 e. The first-order valence-electron chi connectivity index (χ1n) is 7.63. The van der Waals surface area contributed by atoms with E-state index in [9.17, 15) is 9.18 Å². The van der Waals surface area contributed by atoms with Gasteiger partial charge in [0.1, 0.15) is 5.82 Å². The Kier molecular flexibility index (Phi) is 5.88. The average molecular weight is 293 g/mol. The second-order valence-electron chi connectivity index (χ2n) is 5.79. The van der Waals surface area contributed by atoms with Gasteiger partial charge in [-0.3, -0.25) is 9.69 Å². The summed E-state index contributed by atoms with van der Waals surface area (Å²) in [5.41, 5.74) is 0.459. The van der Waals surface area contributed by atoms with Crippen LogP contribution in [0.2, 0.25) is 0 Å². The van der Waals surface area contributed by atoms with Gasteiger partial charge in [-0.1, -0.05) is 12.1 Å². The Balaban J connectivity index is 1.89. The standard InChI is InChI=1S/C17H24FNO2/c1-13(14-6-7-14)19(10-11-21-2)9-8-17(20)15-4-3-5-16(18)12-15/h3-5,12-14H,6-11H2,1-2H3. The minimum Gasteiger partial charge on any atom is -0.383 e. The lowest BCUT2D eigenvalue weighted by Gasteiger charge is -2.28. The highest BCUT2D eigenvalue weighted by Gasteiger charge is 2.31. The topological polar surface area (TPSA) is 29.5 Å². The predicted octanol–water partition coefficient (Wildman–Crippen LogP) is 3.15. The number of carbonyl (C=O) groups excluding carboxylic acids is 1. The van der Waals surface area contributed by atoms with Crippen LogP contribution < -0.4 is 0 Å². The van der Waals surface area contributed by atoms with Gasteiger partial charge in [-0.05, 0) is 37.8 Å². The maximum absolute atomic E-state index is 13.2. The molecule has 0 heterocycles. The highest BCUT2D eigenvalue weighted by Crippen LogP contribution is 2.35. The Hall–Kier alpha value is -1.26. The summed E-state index contributed by atoms with van der Waals surface area (Å²) in [6, 6.07) is 6.41. The van der Waals surface area contributed by atoms with Crippen molar-refractivity contribution in [1.82, 2.24) is 4.90 Å². The lowest BCUT2D eigenvalue weighted by Crippen LogP contribution is -2.38. The quantitative estimate of drug-likeness (QED) is 0.655. The zero-order valence-electron chi connectivity index (χ0n) is 12.8. The molecule has 0 radical (unpaired) electrons. The molecule has 4 heteroatoms. The number of halogens is 1. The molecule has 1 unspecified atom stereocenters. The van der Waals surface area contributed by atoms with Gasteiger partial charge in [-0.15, -0.1) is 0 Å². The van der Waals surface area contributed by atoms with Gasteiger partial charge in [0.05, 0.1) is 6.61 Å². The molecule has 21 heavy (non-hydrogen) atoms. The molecule has 0 aromatic heterocycles. The summed E-state index contributed by atoms with van der Waals surface area (Å²) in [6.45, 7) is 4.44. The molecule has 116 valence electrons. The maximum atomic E-state index is 13.2. The van der Waals surface area contributed by atoms with Crippen LogP contribution in [0.15, 0.2) is 24.3 Å². The first-order chi connectivity index (χ1) is 10.1. The van der Waals surface area contributed by atoms with Gasteiger partial charge in [0.25, 0.3) is 0 Å². The van der Waals surface area contributed by atoms with E-state index in [2.05, 4.69) is 11.8 Å². The summed E-state index contributed by atoms with van der Waals surface area (Å²) in [5, 5.41) is 0. The Labute approximate surface area is 126 Å². The minimum atomic E-state index is -0.358. The van der Waals surface area contributed by atoms with E-state index in [-0.39, 0.29) is 11.6 Å². The van der Waals surface area contributed by atoms with Crippen LogP contribution in [0.25, 0.3) is 0 Å². The average Bonchev–Trinajstić information content (AvgIpc) is 3.31. The Morgan fingerprint density at radius 2 is 2.19 bits per heavy atom. The summed E-state index contributed by atoms with van der Waals surface area (Å²) >= 11 is 0. The Morgan fingerprint density at radius 1 is 1.43 bits per heavy atom. The lowest BCUT2D eigenvalue weighted by molar-refractivity contribution is 0.0902. The number of hydrogen-bond donors (Lipinski definition) is 0. The number of carbonyl (C=O) groups is 1. The van der Waals surface area contributed by atoms with Gasteiger partial charge in [0, 0.05) is 38.2 Å². The highest BCUT2D eigenvalue weighted by molar-refractivity contribution is 5.96. The molecule has 1 aliphatic rings. The number of rotatable bonds is 9. The molecule has 0 N–H and O–H groups in total. The molecular weight excluding hydrogens is 269 g/mol. The van der Waals surface area contributed by atoms with E-state index in [0.29, 0.717) is 31.2 Å². The monoisotopic (exact) mass is 293 g/mol. The van der Waals surface area contributed by atoms with Crippen LogP contribution in [0.5, 0.6) is 0 Å². The fourth-order valence-corrected chi connectivity index (χ4v) is 2.66. The molecule has 1 aromatic rings. The van der Waals surface area contributed by atoms with E-state index in [1.807, 2.05) is 0 Å². The van der Waals surface area contributed by atoms with E-state index < -0.39 is 0 Å². The van der Waals surface area contributed by atoms with Crippen molar-refractivity contribution in [3.05, 3.63) is 35.6 Å². The van der Waals surface area contributed by atoms with Crippen molar-refractivity contribution >= 4 is 5.78 Å². The van der Waals surface area contributed by atoms with Crippen LogP contribution in [0.4, 0.5) is 4.39 Å². The zero-order valence-corrected chi connectivity index (χ0v) is 12.8. The van der Waals surface area contributed by atoms with E-state index in [1.54, 1.807) is 19.2 Å². The highest BCUT2D eigenvalue weighted by atomic mass is 19.1. The second-order valence-corrected chi connectivity index (χ2v) is 5.79. The lowest BCUT2D eigenvalue weighted by atomic mass is 10.1. The van der Waals surface area contributed by atoms with Gasteiger partial charge in [-0.2, -0.15) is 0 Å². The van der Waals surface area contributed by atoms with Crippen LogP contribution in [-0.2, 0) is 4.74 Å². The van der Waals surface area contributed by atoms with Gasteiger partial charge in [0.2, 0.25) is 0 Å². The minimum absolute atomic E-state index is 0.0000798. The van der Waals surface area contributed by atoms with Crippen LogP contribution in [0.1, 0.15) is 36.5 Å². The molecule has 0 amide bonds. The molecule has 0 spiro atoms. The molecule has 1 fully saturated rings. The normalized spacial score (nSPS) is 16.2. The molecule has 0 bridgehead atoms. The maximum Gasteiger partial charge on any atom is 0.164 e. The predicted molar refractivity (Wildman–Crippen MR) is 81.0 cm³/mol. The van der Waals surface area contributed by atoms with Crippen molar-refractivity contribution in [3.8, 4) is 0 Å². The number of methoxy groups -OCH3 is 1. The number of ether oxygens (including phenoxy) is 1. The van der Waals surface area contributed by atoms with Crippen LogP contribution in [-0.4, -0.2) is 43.5 Å². The van der Waals surface area contributed by atoms with Crippen LogP contribution in [0, 0.1) is 11.7 Å². The summed E-state index contributed by atoms with van der Waals surface area (Å²) in [6.07, 6.45) is 2.98. The molecular formula is C17H24FNO2.